The third-order valence-corrected chi connectivity index (χ3v) is 3.96. The maximum atomic E-state index is 12.9. The average molecular weight is 286 g/mol. The molecule has 16 heavy (non-hydrogen) atoms. The number of hydrogen-bond acceptors (Lipinski definition) is 1. The minimum atomic E-state index is -0.199. The van der Waals surface area contributed by atoms with Crippen LogP contribution in [0.3, 0.4) is 0 Å². The molecule has 1 saturated carbocycles. The SMILES string of the molecule is CC1CCC(Nc2ccc(F)cc2Br)CC1. The normalized spacial score (nSPS) is 25.4. The molecule has 1 aliphatic rings. The molecule has 0 heterocycles. The molecule has 1 nitrogen and oxygen atoms in total. The predicted octanol–water partition coefficient (Wildman–Crippen LogP) is 4.58. The monoisotopic (exact) mass is 285 g/mol. The fourth-order valence-corrected chi connectivity index (χ4v) is 2.70. The van der Waals surface area contributed by atoms with Gasteiger partial charge in [-0.05, 0) is 65.7 Å². The average Bonchev–Trinajstić information content (AvgIpc) is 2.25. The number of hydrogen-bond donors (Lipinski definition) is 1. The molecule has 1 aromatic rings. The molecular weight excluding hydrogens is 269 g/mol. The van der Waals surface area contributed by atoms with E-state index in [2.05, 4.69) is 28.2 Å². The van der Waals surface area contributed by atoms with Crippen molar-refractivity contribution >= 4 is 21.6 Å². The van der Waals surface area contributed by atoms with Crippen LogP contribution in [0.25, 0.3) is 0 Å². The van der Waals surface area contributed by atoms with Crippen molar-refractivity contribution in [2.24, 2.45) is 5.92 Å². The van der Waals surface area contributed by atoms with Crippen LogP contribution in [0, 0.1) is 11.7 Å². The summed E-state index contributed by atoms with van der Waals surface area (Å²) in [6, 6.07) is 5.35. The summed E-state index contributed by atoms with van der Waals surface area (Å²) >= 11 is 3.38. The van der Waals surface area contributed by atoms with E-state index in [9.17, 15) is 4.39 Å². The fraction of sp³-hybridized carbons (Fsp3) is 0.538. The van der Waals surface area contributed by atoms with E-state index in [0.29, 0.717) is 6.04 Å². The van der Waals surface area contributed by atoms with E-state index in [-0.39, 0.29) is 5.82 Å². The first kappa shape index (κ1) is 11.9. The van der Waals surface area contributed by atoms with E-state index in [1.807, 2.05) is 0 Å². The van der Waals surface area contributed by atoms with Gasteiger partial charge in [0.15, 0.2) is 0 Å². The van der Waals surface area contributed by atoms with E-state index in [4.69, 9.17) is 0 Å². The van der Waals surface area contributed by atoms with Crippen LogP contribution in [-0.2, 0) is 0 Å². The zero-order valence-corrected chi connectivity index (χ0v) is 11.1. The van der Waals surface area contributed by atoms with Gasteiger partial charge < -0.3 is 5.32 Å². The number of anilines is 1. The zero-order chi connectivity index (χ0) is 11.5. The van der Waals surface area contributed by atoms with Gasteiger partial charge in [-0.1, -0.05) is 6.92 Å². The molecule has 3 heteroatoms. The molecule has 0 aromatic heterocycles. The second-order valence-electron chi connectivity index (χ2n) is 4.73. The van der Waals surface area contributed by atoms with Crippen LogP contribution in [0.2, 0.25) is 0 Å². The summed E-state index contributed by atoms with van der Waals surface area (Å²) in [4.78, 5) is 0. The molecule has 0 bridgehead atoms. The van der Waals surface area contributed by atoms with Crippen LogP contribution >= 0.6 is 15.9 Å². The molecule has 0 spiro atoms. The lowest BCUT2D eigenvalue weighted by Gasteiger charge is -2.28. The van der Waals surface area contributed by atoms with Gasteiger partial charge in [0, 0.05) is 16.2 Å². The van der Waals surface area contributed by atoms with E-state index < -0.39 is 0 Å². The van der Waals surface area contributed by atoms with E-state index in [0.717, 1.165) is 16.1 Å². The number of rotatable bonds is 2. The second kappa shape index (κ2) is 5.17. The molecule has 1 aromatic carbocycles. The minimum absolute atomic E-state index is 0.199. The first-order valence-corrected chi connectivity index (χ1v) is 6.66. The van der Waals surface area contributed by atoms with Crippen molar-refractivity contribution in [3.05, 3.63) is 28.5 Å². The van der Waals surface area contributed by atoms with Crippen molar-refractivity contribution in [2.45, 2.75) is 38.6 Å². The third kappa shape index (κ3) is 2.97. The topological polar surface area (TPSA) is 12.0 Å². The summed E-state index contributed by atoms with van der Waals surface area (Å²) < 4.78 is 13.7. The minimum Gasteiger partial charge on any atom is -0.381 e. The molecule has 1 fully saturated rings. The Bertz CT molecular complexity index is 359. The van der Waals surface area contributed by atoms with Crippen molar-refractivity contribution < 1.29 is 4.39 Å². The van der Waals surface area contributed by atoms with Gasteiger partial charge in [0.2, 0.25) is 0 Å². The maximum Gasteiger partial charge on any atom is 0.124 e. The van der Waals surface area contributed by atoms with Gasteiger partial charge in [0.05, 0.1) is 0 Å². The van der Waals surface area contributed by atoms with Gasteiger partial charge in [0.1, 0.15) is 5.82 Å². The number of benzene rings is 1. The lowest BCUT2D eigenvalue weighted by Crippen LogP contribution is -2.25. The van der Waals surface area contributed by atoms with Crippen LogP contribution in [0.15, 0.2) is 22.7 Å². The lowest BCUT2D eigenvalue weighted by atomic mass is 9.87. The fourth-order valence-electron chi connectivity index (χ4n) is 2.23. The summed E-state index contributed by atoms with van der Waals surface area (Å²) in [6.45, 7) is 2.31. The summed E-state index contributed by atoms with van der Waals surface area (Å²) in [5.41, 5.74) is 1.00. The summed E-state index contributed by atoms with van der Waals surface area (Å²) in [7, 11) is 0. The second-order valence-corrected chi connectivity index (χ2v) is 5.58. The van der Waals surface area contributed by atoms with Crippen LogP contribution in [0.5, 0.6) is 0 Å². The Morgan fingerprint density at radius 1 is 1.25 bits per heavy atom. The van der Waals surface area contributed by atoms with Gasteiger partial charge in [-0.15, -0.1) is 0 Å². The highest BCUT2D eigenvalue weighted by atomic mass is 79.9. The number of nitrogens with one attached hydrogen (secondary N) is 1. The highest BCUT2D eigenvalue weighted by molar-refractivity contribution is 9.10. The molecule has 0 atom stereocenters. The van der Waals surface area contributed by atoms with Gasteiger partial charge in [-0.3, -0.25) is 0 Å². The smallest absolute Gasteiger partial charge is 0.124 e. The van der Waals surface area contributed by atoms with E-state index in [1.165, 1.54) is 37.8 Å². The first-order valence-electron chi connectivity index (χ1n) is 5.87. The van der Waals surface area contributed by atoms with Crippen molar-refractivity contribution in [3.63, 3.8) is 0 Å². The quantitative estimate of drug-likeness (QED) is 0.839. The first-order chi connectivity index (χ1) is 7.65. The number of halogens is 2. The van der Waals surface area contributed by atoms with Crippen LogP contribution < -0.4 is 5.32 Å². The van der Waals surface area contributed by atoms with Crippen molar-refractivity contribution in [2.75, 3.05) is 5.32 Å². The molecule has 0 unspecified atom stereocenters. The Labute approximate surface area is 105 Å². The predicted molar refractivity (Wildman–Crippen MR) is 69.1 cm³/mol. The molecule has 1 N–H and O–H groups in total. The summed E-state index contributed by atoms with van der Waals surface area (Å²) in [5.74, 6) is 0.657. The zero-order valence-electron chi connectivity index (χ0n) is 9.47. The van der Waals surface area contributed by atoms with Crippen LogP contribution in [-0.4, -0.2) is 6.04 Å². The third-order valence-electron chi connectivity index (χ3n) is 3.31. The van der Waals surface area contributed by atoms with Crippen LogP contribution in [0.4, 0.5) is 10.1 Å². The van der Waals surface area contributed by atoms with Crippen molar-refractivity contribution in [1.29, 1.82) is 0 Å². The molecule has 0 saturated heterocycles. The Hall–Kier alpha value is -0.570. The summed E-state index contributed by atoms with van der Waals surface area (Å²) in [6.07, 6.45) is 5.00. The van der Waals surface area contributed by atoms with Crippen LogP contribution in [0.1, 0.15) is 32.6 Å². The standard InChI is InChI=1S/C13H17BrFN/c1-9-2-5-11(6-3-9)16-13-7-4-10(15)8-12(13)14/h4,7-9,11,16H,2-3,5-6H2,1H3. The Balaban J connectivity index is 1.98. The maximum absolute atomic E-state index is 12.9. The molecule has 1 aliphatic carbocycles. The van der Waals surface area contributed by atoms with E-state index >= 15 is 0 Å². The highest BCUT2D eigenvalue weighted by Gasteiger charge is 2.18. The van der Waals surface area contributed by atoms with Gasteiger partial charge in [-0.25, -0.2) is 4.39 Å². The van der Waals surface area contributed by atoms with Gasteiger partial charge >= 0.3 is 0 Å². The molecule has 0 amide bonds. The van der Waals surface area contributed by atoms with Gasteiger partial charge in [-0.2, -0.15) is 0 Å². The Morgan fingerprint density at radius 2 is 1.94 bits per heavy atom. The van der Waals surface area contributed by atoms with Gasteiger partial charge in [0.25, 0.3) is 0 Å². The Kier molecular flexibility index (Phi) is 3.85. The molecular formula is C13H17BrFN. The highest BCUT2D eigenvalue weighted by Crippen LogP contribution is 2.29. The largest absolute Gasteiger partial charge is 0.381 e. The molecule has 0 radical (unpaired) electrons. The van der Waals surface area contributed by atoms with Crippen molar-refractivity contribution in [1.82, 2.24) is 0 Å². The molecule has 0 aliphatic heterocycles. The Morgan fingerprint density at radius 3 is 2.56 bits per heavy atom. The van der Waals surface area contributed by atoms with E-state index in [1.54, 1.807) is 6.07 Å². The molecule has 88 valence electrons. The molecule has 2 rings (SSSR count). The lowest BCUT2D eigenvalue weighted by molar-refractivity contribution is 0.361. The summed E-state index contributed by atoms with van der Waals surface area (Å²) in [5, 5.41) is 3.48. The van der Waals surface area contributed by atoms with Crippen molar-refractivity contribution in [3.8, 4) is 0 Å².